The average Bonchev–Trinajstić information content (AvgIpc) is 2.76. The number of amides is 1. The molecule has 166 valence electrons. The van der Waals surface area contributed by atoms with E-state index >= 15 is 0 Å². The van der Waals surface area contributed by atoms with E-state index in [0.717, 1.165) is 28.0 Å². The molecule has 0 radical (unpaired) electrons. The maximum atomic E-state index is 12.8. The van der Waals surface area contributed by atoms with Gasteiger partial charge in [0, 0.05) is 28.9 Å². The van der Waals surface area contributed by atoms with Crippen molar-refractivity contribution in [2.24, 2.45) is 0 Å². The minimum Gasteiger partial charge on any atom is -0.493 e. The van der Waals surface area contributed by atoms with E-state index in [1.54, 1.807) is 24.3 Å². The molecular formula is C25H26N2O5. The molecule has 1 N–H and O–H groups in total. The molecule has 0 aliphatic carbocycles. The van der Waals surface area contributed by atoms with Gasteiger partial charge in [-0.1, -0.05) is 12.1 Å². The van der Waals surface area contributed by atoms with Gasteiger partial charge in [-0.25, -0.2) is 0 Å². The molecule has 32 heavy (non-hydrogen) atoms. The summed E-state index contributed by atoms with van der Waals surface area (Å²) >= 11 is 0. The number of non-ortho nitro benzene ring substituents is 1. The Labute approximate surface area is 187 Å². The Morgan fingerprint density at radius 3 is 2.50 bits per heavy atom. The standard InChI is InChI=1S/C25H26N2O5/c1-5-31-23-10-9-19(25(28)26-21-7-6-8-22(14-21)27(29)30)13-20(23)15-32-24-12-16(2)11-17(3)18(24)4/h6-14H,5,15H2,1-4H3,(H,26,28). The largest absolute Gasteiger partial charge is 0.493 e. The maximum absolute atomic E-state index is 12.8. The molecule has 1 amide bonds. The van der Waals surface area contributed by atoms with E-state index in [1.165, 1.54) is 18.2 Å². The summed E-state index contributed by atoms with van der Waals surface area (Å²) in [5.74, 6) is 1.05. The Morgan fingerprint density at radius 2 is 1.78 bits per heavy atom. The van der Waals surface area contributed by atoms with E-state index in [-0.39, 0.29) is 18.2 Å². The number of nitro groups is 1. The first kappa shape index (κ1) is 22.8. The molecule has 0 spiro atoms. The third-order valence-electron chi connectivity index (χ3n) is 5.08. The molecule has 0 fully saturated rings. The predicted octanol–water partition coefficient (Wildman–Crippen LogP) is 5.75. The van der Waals surface area contributed by atoms with Crippen molar-refractivity contribution in [3.05, 3.63) is 92.5 Å². The number of nitro benzene ring substituents is 1. The van der Waals surface area contributed by atoms with Crippen molar-refractivity contribution in [3.63, 3.8) is 0 Å². The number of nitrogens with zero attached hydrogens (tertiary/aromatic N) is 1. The SMILES string of the molecule is CCOc1ccc(C(=O)Nc2cccc([N+](=O)[O-])c2)cc1COc1cc(C)cc(C)c1C. The molecule has 0 atom stereocenters. The number of nitrogens with one attached hydrogen (secondary N) is 1. The molecule has 0 saturated heterocycles. The number of anilines is 1. The molecule has 3 rings (SSSR count). The Balaban J connectivity index is 1.83. The third kappa shape index (κ3) is 5.43. The lowest BCUT2D eigenvalue weighted by atomic mass is 10.1. The van der Waals surface area contributed by atoms with Crippen LogP contribution in [0.25, 0.3) is 0 Å². The quantitative estimate of drug-likeness (QED) is 0.360. The molecule has 0 saturated carbocycles. The van der Waals surface area contributed by atoms with Crippen molar-refractivity contribution in [2.45, 2.75) is 34.3 Å². The first-order chi connectivity index (χ1) is 15.3. The van der Waals surface area contributed by atoms with Gasteiger partial charge < -0.3 is 14.8 Å². The van der Waals surface area contributed by atoms with E-state index in [0.29, 0.717) is 23.6 Å². The Kier molecular flexibility index (Phi) is 7.10. The summed E-state index contributed by atoms with van der Waals surface area (Å²) < 4.78 is 11.8. The summed E-state index contributed by atoms with van der Waals surface area (Å²) in [5, 5.41) is 13.7. The van der Waals surface area contributed by atoms with Crippen molar-refractivity contribution in [1.29, 1.82) is 0 Å². The van der Waals surface area contributed by atoms with Crippen LogP contribution in [0, 0.1) is 30.9 Å². The molecule has 0 aliphatic heterocycles. The van der Waals surface area contributed by atoms with Gasteiger partial charge in [-0.2, -0.15) is 0 Å². The molecule has 0 aliphatic rings. The number of carbonyl (C=O) groups excluding carboxylic acids is 1. The lowest BCUT2D eigenvalue weighted by molar-refractivity contribution is -0.384. The number of aryl methyl sites for hydroxylation is 2. The van der Waals surface area contributed by atoms with E-state index < -0.39 is 4.92 Å². The molecule has 7 heteroatoms. The molecule has 3 aromatic carbocycles. The smallest absolute Gasteiger partial charge is 0.271 e. The first-order valence-corrected chi connectivity index (χ1v) is 10.3. The number of ether oxygens (including phenoxy) is 2. The van der Waals surface area contributed by atoms with Crippen LogP contribution in [0.15, 0.2) is 54.6 Å². The minimum absolute atomic E-state index is 0.0904. The minimum atomic E-state index is -0.503. The number of carbonyl (C=O) groups is 1. The van der Waals surface area contributed by atoms with Gasteiger partial charge in [0.15, 0.2) is 0 Å². The van der Waals surface area contributed by atoms with Crippen LogP contribution in [0.1, 0.15) is 39.5 Å². The molecule has 0 bridgehead atoms. The summed E-state index contributed by atoms with van der Waals surface area (Å²) in [7, 11) is 0. The highest BCUT2D eigenvalue weighted by Gasteiger charge is 2.14. The molecule has 0 unspecified atom stereocenters. The number of rotatable bonds is 8. The van der Waals surface area contributed by atoms with E-state index in [1.807, 2.05) is 33.8 Å². The van der Waals surface area contributed by atoms with Crippen molar-refractivity contribution in [2.75, 3.05) is 11.9 Å². The second-order valence-corrected chi connectivity index (χ2v) is 7.51. The number of hydrogen-bond donors (Lipinski definition) is 1. The fraction of sp³-hybridized carbons (Fsp3) is 0.240. The van der Waals surface area contributed by atoms with Gasteiger partial charge in [-0.15, -0.1) is 0 Å². The zero-order chi connectivity index (χ0) is 23.3. The van der Waals surface area contributed by atoms with E-state index in [9.17, 15) is 14.9 Å². The topological polar surface area (TPSA) is 90.7 Å². The predicted molar refractivity (Wildman–Crippen MR) is 124 cm³/mol. The van der Waals surface area contributed by atoms with Gasteiger partial charge in [0.1, 0.15) is 18.1 Å². The van der Waals surface area contributed by atoms with Crippen LogP contribution in [0.2, 0.25) is 0 Å². The van der Waals surface area contributed by atoms with Gasteiger partial charge in [-0.05, 0) is 74.7 Å². The molecule has 3 aromatic rings. The highest BCUT2D eigenvalue weighted by Crippen LogP contribution is 2.27. The van der Waals surface area contributed by atoms with Gasteiger partial charge in [-0.3, -0.25) is 14.9 Å². The Bertz CT molecular complexity index is 1160. The van der Waals surface area contributed by atoms with Crippen LogP contribution in [0.3, 0.4) is 0 Å². The van der Waals surface area contributed by atoms with Crippen molar-refractivity contribution in [1.82, 2.24) is 0 Å². The molecule has 7 nitrogen and oxygen atoms in total. The molecule has 0 aromatic heterocycles. The normalized spacial score (nSPS) is 10.5. The first-order valence-electron chi connectivity index (χ1n) is 10.3. The highest BCUT2D eigenvalue weighted by atomic mass is 16.6. The fourth-order valence-corrected chi connectivity index (χ4v) is 3.34. The zero-order valence-electron chi connectivity index (χ0n) is 18.6. The summed E-state index contributed by atoms with van der Waals surface area (Å²) in [6, 6.07) is 15.0. The van der Waals surface area contributed by atoms with Gasteiger partial charge >= 0.3 is 0 Å². The van der Waals surface area contributed by atoms with Crippen LogP contribution in [0.4, 0.5) is 11.4 Å². The van der Waals surface area contributed by atoms with Gasteiger partial charge in [0.2, 0.25) is 0 Å². The zero-order valence-corrected chi connectivity index (χ0v) is 18.6. The van der Waals surface area contributed by atoms with Gasteiger partial charge in [0.25, 0.3) is 11.6 Å². The van der Waals surface area contributed by atoms with Crippen LogP contribution >= 0.6 is 0 Å². The monoisotopic (exact) mass is 434 g/mol. The van der Waals surface area contributed by atoms with Gasteiger partial charge in [0.05, 0.1) is 11.5 Å². The lowest BCUT2D eigenvalue weighted by Gasteiger charge is -2.16. The summed E-state index contributed by atoms with van der Waals surface area (Å²) in [6.07, 6.45) is 0. The molecular weight excluding hydrogens is 408 g/mol. The second kappa shape index (κ2) is 9.96. The van der Waals surface area contributed by atoms with Crippen molar-refractivity contribution >= 4 is 17.3 Å². The van der Waals surface area contributed by atoms with Crippen molar-refractivity contribution < 1.29 is 19.2 Å². The summed E-state index contributed by atoms with van der Waals surface area (Å²) in [6.45, 7) is 8.67. The number of benzene rings is 3. The Morgan fingerprint density at radius 1 is 1.00 bits per heavy atom. The van der Waals surface area contributed by atoms with E-state index in [4.69, 9.17) is 9.47 Å². The van der Waals surface area contributed by atoms with Crippen molar-refractivity contribution in [3.8, 4) is 11.5 Å². The maximum Gasteiger partial charge on any atom is 0.271 e. The van der Waals surface area contributed by atoms with Crippen LogP contribution in [0.5, 0.6) is 11.5 Å². The van der Waals surface area contributed by atoms with E-state index in [2.05, 4.69) is 11.4 Å². The lowest BCUT2D eigenvalue weighted by Crippen LogP contribution is -2.13. The summed E-state index contributed by atoms with van der Waals surface area (Å²) in [5.41, 5.74) is 4.71. The number of hydrogen-bond acceptors (Lipinski definition) is 5. The average molecular weight is 434 g/mol. The summed E-state index contributed by atoms with van der Waals surface area (Å²) in [4.78, 5) is 23.2. The Hall–Kier alpha value is -3.87. The van der Waals surface area contributed by atoms with Crippen LogP contribution < -0.4 is 14.8 Å². The van der Waals surface area contributed by atoms with Crippen LogP contribution in [-0.2, 0) is 6.61 Å². The second-order valence-electron chi connectivity index (χ2n) is 7.51. The molecule has 0 heterocycles. The third-order valence-corrected chi connectivity index (χ3v) is 5.08. The fourth-order valence-electron chi connectivity index (χ4n) is 3.34. The van der Waals surface area contributed by atoms with Crippen LogP contribution in [-0.4, -0.2) is 17.4 Å². The highest BCUT2D eigenvalue weighted by molar-refractivity contribution is 6.04.